The maximum atomic E-state index is 11.6. The molecule has 1 amide bonds. The Labute approximate surface area is 287 Å². The lowest BCUT2D eigenvalue weighted by atomic mass is 10.1. The molecular formula is C36H45N7O5Si. The summed E-state index contributed by atoms with van der Waals surface area (Å²) in [6, 6.07) is 24.5. The fourth-order valence-electron chi connectivity index (χ4n) is 6.38. The van der Waals surface area contributed by atoms with Crippen LogP contribution in [0.15, 0.2) is 79.0 Å². The second-order valence-corrected chi connectivity index (χ2v) is 17.2. The predicted octanol–water partition coefficient (Wildman–Crippen LogP) is 5.41. The third-order valence-corrected chi connectivity index (χ3v) is 13.6. The van der Waals surface area contributed by atoms with Crippen molar-refractivity contribution in [2.45, 2.75) is 71.2 Å². The molecule has 3 heterocycles. The summed E-state index contributed by atoms with van der Waals surface area (Å²) < 4.78 is 14.4. The smallest absolute Gasteiger partial charge is 0.411 e. The van der Waals surface area contributed by atoms with E-state index in [0.717, 1.165) is 12.8 Å². The van der Waals surface area contributed by atoms with Gasteiger partial charge in [-0.1, -0.05) is 94.8 Å². The van der Waals surface area contributed by atoms with Gasteiger partial charge in [-0.3, -0.25) is 10.00 Å². The van der Waals surface area contributed by atoms with E-state index in [0.29, 0.717) is 47.0 Å². The molecule has 0 saturated carbocycles. The van der Waals surface area contributed by atoms with Gasteiger partial charge in [0.2, 0.25) is 5.95 Å². The van der Waals surface area contributed by atoms with Crippen LogP contribution in [-0.2, 0) is 17.6 Å². The number of carbonyl (C=O) groups is 1. The van der Waals surface area contributed by atoms with Crippen LogP contribution in [0.1, 0.15) is 58.3 Å². The number of aromatic nitrogens is 5. The minimum absolute atomic E-state index is 0.0566. The van der Waals surface area contributed by atoms with E-state index in [-0.39, 0.29) is 30.2 Å². The number of pyridine rings is 1. The number of rotatable bonds is 15. The van der Waals surface area contributed by atoms with Crippen LogP contribution in [0.4, 0.5) is 16.6 Å². The molecule has 12 nitrogen and oxygen atoms in total. The van der Waals surface area contributed by atoms with Gasteiger partial charge in [0.15, 0.2) is 5.82 Å². The molecule has 0 radical (unpaired) electrons. The highest BCUT2D eigenvalue weighted by Gasteiger charge is 2.50. The van der Waals surface area contributed by atoms with Crippen LogP contribution < -0.4 is 25.7 Å². The standard InChI is InChI=1S/C36H45N7O5Si/c1-6-13-25(20-21-48-49(36(2,3)4,27-14-9-7-10-15-27)28-16-11-8-12-17-28)39-33-32-29(40-34(41-33)42-35(45)46)22-37-43(32)23-30-31(47-5)19-18-26(24-44)38-30/h7-12,14-19,22,25,44H,6,13,20-21,23-24H2,1-5H3,(H,45,46)(H2,39,40,41,42). The van der Waals surface area contributed by atoms with Gasteiger partial charge >= 0.3 is 6.09 Å². The lowest BCUT2D eigenvalue weighted by molar-refractivity contribution is 0.209. The molecule has 0 saturated heterocycles. The molecule has 0 fully saturated rings. The average Bonchev–Trinajstić information content (AvgIpc) is 3.49. The zero-order chi connectivity index (χ0) is 35.0. The lowest BCUT2D eigenvalue weighted by Crippen LogP contribution is -2.66. The zero-order valence-corrected chi connectivity index (χ0v) is 29.7. The second kappa shape index (κ2) is 15.6. The number of carboxylic acid groups (broad SMARTS) is 1. The number of methoxy groups -OCH3 is 1. The van der Waals surface area contributed by atoms with Crippen LogP contribution in [0.2, 0.25) is 5.04 Å². The largest absolute Gasteiger partial charge is 0.495 e. The minimum atomic E-state index is -2.74. The van der Waals surface area contributed by atoms with Crippen molar-refractivity contribution in [1.29, 1.82) is 0 Å². The summed E-state index contributed by atoms with van der Waals surface area (Å²) >= 11 is 0. The first-order valence-electron chi connectivity index (χ1n) is 16.5. The zero-order valence-electron chi connectivity index (χ0n) is 28.7. The average molecular weight is 684 g/mol. The maximum Gasteiger partial charge on any atom is 0.411 e. The number of nitrogens with zero attached hydrogens (tertiary/aromatic N) is 5. The van der Waals surface area contributed by atoms with E-state index in [4.69, 9.17) is 9.16 Å². The number of aliphatic hydroxyl groups excluding tert-OH is 1. The Hall–Kier alpha value is -4.85. The van der Waals surface area contributed by atoms with Gasteiger partial charge in [-0.25, -0.2) is 14.8 Å². The first-order chi connectivity index (χ1) is 23.6. The molecule has 0 aliphatic rings. The molecule has 0 spiro atoms. The molecule has 13 heteroatoms. The number of fused-ring (bicyclic) bond motifs is 1. The normalized spacial score (nSPS) is 12.5. The second-order valence-electron chi connectivity index (χ2n) is 12.9. The summed E-state index contributed by atoms with van der Waals surface area (Å²) in [5, 5.41) is 31.9. The summed E-state index contributed by atoms with van der Waals surface area (Å²) in [6.07, 6.45) is 2.70. The van der Waals surface area contributed by atoms with Crippen LogP contribution >= 0.6 is 0 Å². The van der Waals surface area contributed by atoms with E-state index < -0.39 is 14.4 Å². The van der Waals surface area contributed by atoms with E-state index >= 15 is 0 Å². The number of hydrogen-bond acceptors (Lipinski definition) is 9. The Morgan fingerprint density at radius 3 is 2.20 bits per heavy atom. The Bertz CT molecular complexity index is 1810. The van der Waals surface area contributed by atoms with Crippen LogP contribution in [-0.4, -0.2) is 69.1 Å². The summed E-state index contributed by atoms with van der Waals surface area (Å²) in [6.45, 7) is 9.39. The highest BCUT2D eigenvalue weighted by Crippen LogP contribution is 2.37. The third-order valence-electron chi connectivity index (χ3n) is 8.56. The highest BCUT2D eigenvalue weighted by atomic mass is 28.4. The van der Waals surface area contributed by atoms with Crippen molar-refractivity contribution in [3.05, 3.63) is 90.4 Å². The van der Waals surface area contributed by atoms with Gasteiger partial charge in [0, 0.05) is 12.6 Å². The Morgan fingerprint density at radius 2 is 1.63 bits per heavy atom. The van der Waals surface area contributed by atoms with Gasteiger partial charge < -0.3 is 24.7 Å². The number of aliphatic hydroxyl groups is 1. The fourth-order valence-corrected chi connectivity index (χ4v) is 11.0. The monoisotopic (exact) mass is 683 g/mol. The SMILES string of the molecule is CCCC(CCO[Si](c1ccccc1)(c1ccccc1)C(C)(C)C)Nc1nc(NC(=O)O)nc2cnn(Cc3nc(CO)ccc3OC)c12. The van der Waals surface area contributed by atoms with Crippen molar-refractivity contribution in [2.24, 2.45) is 0 Å². The highest BCUT2D eigenvalue weighted by molar-refractivity contribution is 6.99. The molecule has 0 aliphatic carbocycles. The van der Waals surface area contributed by atoms with Gasteiger partial charge in [-0.15, -0.1) is 0 Å². The van der Waals surface area contributed by atoms with Crippen molar-refractivity contribution in [3.8, 4) is 5.75 Å². The lowest BCUT2D eigenvalue weighted by Gasteiger charge is -2.43. The first-order valence-corrected chi connectivity index (χ1v) is 18.4. The van der Waals surface area contributed by atoms with Gasteiger partial charge in [0.25, 0.3) is 8.32 Å². The van der Waals surface area contributed by atoms with Crippen molar-refractivity contribution in [1.82, 2.24) is 24.7 Å². The number of nitrogens with one attached hydrogen (secondary N) is 2. The van der Waals surface area contributed by atoms with E-state index in [2.05, 4.69) is 107 Å². The fraction of sp³-hybridized carbons (Fsp3) is 0.361. The number of anilines is 2. The van der Waals surface area contributed by atoms with E-state index in [1.54, 1.807) is 30.1 Å². The van der Waals surface area contributed by atoms with Crippen molar-refractivity contribution < 1.29 is 24.2 Å². The maximum absolute atomic E-state index is 11.6. The van der Waals surface area contributed by atoms with E-state index in [1.807, 2.05) is 12.1 Å². The molecule has 0 aliphatic heterocycles. The summed E-state index contributed by atoms with van der Waals surface area (Å²) in [7, 11) is -1.18. The molecule has 2 aromatic carbocycles. The summed E-state index contributed by atoms with van der Waals surface area (Å²) in [5.41, 5.74) is 2.11. The van der Waals surface area contributed by atoms with Crippen LogP contribution in [0.25, 0.3) is 11.0 Å². The molecule has 0 bridgehead atoms. The number of amides is 1. The molecule has 49 heavy (non-hydrogen) atoms. The van der Waals surface area contributed by atoms with Crippen molar-refractivity contribution in [2.75, 3.05) is 24.4 Å². The Morgan fingerprint density at radius 1 is 0.959 bits per heavy atom. The molecule has 4 N–H and O–H groups in total. The van der Waals surface area contributed by atoms with Crippen molar-refractivity contribution in [3.63, 3.8) is 0 Å². The van der Waals surface area contributed by atoms with Gasteiger partial charge in [-0.2, -0.15) is 10.1 Å². The molecule has 3 aromatic heterocycles. The first kappa shape index (κ1) is 35.5. The van der Waals surface area contributed by atoms with Gasteiger partial charge in [0.1, 0.15) is 22.5 Å². The summed E-state index contributed by atoms with van der Waals surface area (Å²) in [4.78, 5) is 25.2. The molecular weight excluding hydrogens is 639 g/mol. The Kier molecular flexibility index (Phi) is 11.3. The minimum Gasteiger partial charge on any atom is -0.495 e. The van der Waals surface area contributed by atoms with Crippen LogP contribution in [0.3, 0.4) is 0 Å². The number of ether oxygens (including phenoxy) is 1. The van der Waals surface area contributed by atoms with Crippen LogP contribution in [0, 0.1) is 0 Å². The third kappa shape index (κ3) is 7.90. The quantitative estimate of drug-likeness (QED) is 0.105. The molecule has 1 atom stereocenters. The molecule has 258 valence electrons. The van der Waals surface area contributed by atoms with E-state index in [1.165, 1.54) is 10.4 Å². The predicted molar refractivity (Wildman–Crippen MR) is 193 cm³/mol. The van der Waals surface area contributed by atoms with Crippen LogP contribution in [0.5, 0.6) is 5.75 Å². The molecule has 1 unspecified atom stereocenters. The number of hydrogen-bond donors (Lipinski definition) is 4. The van der Waals surface area contributed by atoms with Crippen molar-refractivity contribution >= 4 is 47.6 Å². The topological polar surface area (TPSA) is 157 Å². The Balaban J connectivity index is 1.49. The molecule has 5 aromatic rings. The van der Waals surface area contributed by atoms with Gasteiger partial charge in [0.05, 0.1) is 32.2 Å². The number of benzene rings is 2. The van der Waals surface area contributed by atoms with E-state index in [9.17, 15) is 15.0 Å². The van der Waals surface area contributed by atoms with Gasteiger partial charge in [-0.05, 0) is 40.4 Å². The summed E-state index contributed by atoms with van der Waals surface area (Å²) in [5.74, 6) is 0.927. The molecule has 5 rings (SSSR count).